The van der Waals surface area contributed by atoms with E-state index >= 15 is 0 Å². The van der Waals surface area contributed by atoms with Gasteiger partial charge in [0.2, 0.25) is 0 Å². The number of hydrogen-bond donors (Lipinski definition) is 2. The van der Waals surface area contributed by atoms with E-state index in [0.717, 1.165) is 0 Å². The summed E-state index contributed by atoms with van der Waals surface area (Å²) in [6.07, 6.45) is 0. The summed E-state index contributed by atoms with van der Waals surface area (Å²) in [4.78, 5) is 11.0. The number of halogens is 3. The van der Waals surface area contributed by atoms with E-state index in [1.165, 1.54) is 0 Å². The Morgan fingerprint density at radius 1 is 1.57 bits per heavy atom. The molecule has 0 radical (unpaired) electrons. The molecule has 6 heteroatoms. The van der Waals surface area contributed by atoms with Crippen LogP contribution in [0.25, 0.3) is 0 Å². The lowest BCUT2D eigenvalue weighted by atomic mass is 10.1. The van der Waals surface area contributed by atoms with E-state index in [0.29, 0.717) is 6.07 Å². The highest BCUT2D eigenvalue weighted by molar-refractivity contribution is 6.32. The maximum atomic E-state index is 13.2. The SMILES string of the molecule is NCC(=O)c1c(F)cc(O)c(Cl)c1F. The molecule has 0 atom stereocenters. The number of rotatable bonds is 2. The van der Waals surface area contributed by atoms with Crippen molar-refractivity contribution in [2.24, 2.45) is 5.73 Å². The zero-order chi connectivity index (χ0) is 10.9. The minimum atomic E-state index is -1.29. The molecule has 0 unspecified atom stereocenters. The molecule has 0 saturated carbocycles. The molecule has 0 aliphatic heterocycles. The van der Waals surface area contributed by atoms with Crippen molar-refractivity contribution in [3.8, 4) is 5.75 Å². The second-order valence-electron chi connectivity index (χ2n) is 2.51. The molecule has 3 N–H and O–H groups in total. The minimum absolute atomic E-state index is 0.533. The maximum absolute atomic E-state index is 13.2. The normalized spacial score (nSPS) is 10.3. The highest BCUT2D eigenvalue weighted by Gasteiger charge is 2.21. The van der Waals surface area contributed by atoms with Crippen molar-refractivity contribution in [2.45, 2.75) is 0 Å². The Morgan fingerprint density at radius 3 is 2.64 bits per heavy atom. The molecule has 0 amide bonds. The van der Waals surface area contributed by atoms with Crippen molar-refractivity contribution in [3.05, 3.63) is 28.3 Å². The van der Waals surface area contributed by atoms with Crippen LogP contribution in [0, 0.1) is 11.6 Å². The van der Waals surface area contributed by atoms with Gasteiger partial charge in [0.05, 0.1) is 12.1 Å². The molecule has 1 rings (SSSR count). The number of hydrogen-bond acceptors (Lipinski definition) is 3. The topological polar surface area (TPSA) is 63.3 Å². The molecule has 0 fully saturated rings. The first-order chi connectivity index (χ1) is 6.49. The van der Waals surface area contributed by atoms with E-state index in [1.54, 1.807) is 0 Å². The van der Waals surface area contributed by atoms with Crippen LogP contribution in [0.15, 0.2) is 6.07 Å². The highest BCUT2D eigenvalue weighted by atomic mass is 35.5. The fourth-order valence-corrected chi connectivity index (χ4v) is 1.09. The van der Waals surface area contributed by atoms with Gasteiger partial charge in [0.15, 0.2) is 11.6 Å². The van der Waals surface area contributed by atoms with Gasteiger partial charge in [0.25, 0.3) is 0 Å². The molecule has 1 aromatic carbocycles. The van der Waals surface area contributed by atoms with E-state index in [9.17, 15) is 13.6 Å². The first kappa shape index (κ1) is 10.9. The van der Waals surface area contributed by atoms with Crippen LogP contribution >= 0.6 is 11.6 Å². The molecular formula is C8H6ClF2NO2. The second-order valence-corrected chi connectivity index (χ2v) is 2.89. The molecule has 0 heterocycles. The largest absolute Gasteiger partial charge is 0.506 e. The summed E-state index contributed by atoms with van der Waals surface area (Å²) < 4.78 is 26.1. The third-order valence-electron chi connectivity index (χ3n) is 1.60. The number of nitrogens with two attached hydrogens (primary N) is 1. The Balaban J connectivity index is 3.44. The summed E-state index contributed by atoms with van der Waals surface area (Å²) in [6.45, 7) is -0.533. The molecule has 0 aliphatic carbocycles. The Morgan fingerprint density at radius 2 is 2.14 bits per heavy atom. The van der Waals surface area contributed by atoms with E-state index < -0.39 is 40.3 Å². The lowest BCUT2D eigenvalue weighted by Gasteiger charge is -2.05. The average molecular weight is 222 g/mol. The molecule has 1 aromatic rings. The fraction of sp³-hybridized carbons (Fsp3) is 0.125. The van der Waals surface area contributed by atoms with Gasteiger partial charge in [-0.15, -0.1) is 0 Å². The zero-order valence-corrected chi connectivity index (χ0v) is 7.61. The summed E-state index contributed by atoms with van der Waals surface area (Å²) in [6, 6.07) is 0.564. The summed E-state index contributed by atoms with van der Waals surface area (Å²) in [7, 11) is 0. The summed E-state index contributed by atoms with van der Waals surface area (Å²) in [5.74, 6) is -4.14. The van der Waals surface area contributed by atoms with Crippen LogP contribution in [0.4, 0.5) is 8.78 Å². The van der Waals surface area contributed by atoms with Crippen molar-refractivity contribution < 1.29 is 18.7 Å². The monoisotopic (exact) mass is 221 g/mol. The van der Waals surface area contributed by atoms with Crippen LogP contribution < -0.4 is 5.73 Å². The average Bonchev–Trinajstić information content (AvgIpc) is 2.14. The van der Waals surface area contributed by atoms with E-state index in [4.69, 9.17) is 22.4 Å². The van der Waals surface area contributed by atoms with Crippen molar-refractivity contribution >= 4 is 17.4 Å². The Labute approximate surface area is 83.1 Å². The predicted octanol–water partition coefficient (Wildman–Crippen LogP) is 1.47. The molecule has 0 spiro atoms. The summed E-state index contributed by atoms with van der Waals surface area (Å²) in [5, 5.41) is 8.21. The number of aromatic hydroxyl groups is 1. The van der Waals surface area contributed by atoms with Crippen LogP contribution in [0.3, 0.4) is 0 Å². The Hall–Kier alpha value is -1.20. The number of carbonyl (C=O) groups is 1. The number of ketones is 1. The van der Waals surface area contributed by atoms with Crippen LogP contribution in [0.2, 0.25) is 5.02 Å². The van der Waals surface area contributed by atoms with E-state index in [1.807, 2.05) is 0 Å². The molecule has 14 heavy (non-hydrogen) atoms. The van der Waals surface area contributed by atoms with Crippen molar-refractivity contribution in [3.63, 3.8) is 0 Å². The number of phenols is 1. The number of benzene rings is 1. The Bertz CT molecular complexity index is 395. The van der Waals surface area contributed by atoms with Gasteiger partial charge in [0, 0.05) is 6.07 Å². The molecule has 0 aromatic heterocycles. The van der Waals surface area contributed by atoms with E-state index in [-0.39, 0.29) is 0 Å². The summed E-state index contributed by atoms with van der Waals surface area (Å²) in [5.41, 5.74) is 4.12. The van der Waals surface area contributed by atoms with Crippen molar-refractivity contribution in [2.75, 3.05) is 6.54 Å². The molecular weight excluding hydrogens is 216 g/mol. The minimum Gasteiger partial charge on any atom is -0.506 e. The Kier molecular flexibility index (Phi) is 3.03. The maximum Gasteiger partial charge on any atom is 0.182 e. The van der Waals surface area contributed by atoms with Crippen LogP contribution in [-0.4, -0.2) is 17.4 Å². The number of phenolic OH excluding ortho intramolecular Hbond substituents is 1. The lowest BCUT2D eigenvalue weighted by Crippen LogP contribution is -2.17. The van der Waals surface area contributed by atoms with E-state index in [2.05, 4.69) is 0 Å². The van der Waals surface area contributed by atoms with Gasteiger partial charge in [-0.2, -0.15) is 0 Å². The smallest absolute Gasteiger partial charge is 0.182 e. The lowest BCUT2D eigenvalue weighted by molar-refractivity contribution is 0.0993. The third-order valence-corrected chi connectivity index (χ3v) is 1.96. The van der Waals surface area contributed by atoms with Gasteiger partial charge in [-0.1, -0.05) is 11.6 Å². The molecule has 0 bridgehead atoms. The number of Topliss-reactive ketones (excluding diaryl/α,β-unsaturated/α-hetero) is 1. The highest BCUT2D eigenvalue weighted by Crippen LogP contribution is 2.30. The number of carbonyl (C=O) groups excluding carboxylic acids is 1. The standard InChI is InChI=1S/C8H6ClF2NO2/c9-7-4(13)1-3(10)6(8(7)11)5(14)2-12/h1,13H,2,12H2. The fourth-order valence-electron chi connectivity index (χ4n) is 0.940. The molecule has 76 valence electrons. The molecule has 0 aliphatic rings. The van der Waals surface area contributed by atoms with Gasteiger partial charge >= 0.3 is 0 Å². The van der Waals surface area contributed by atoms with Gasteiger partial charge in [-0.25, -0.2) is 8.78 Å². The molecule has 0 saturated heterocycles. The first-order valence-electron chi connectivity index (χ1n) is 3.58. The summed E-state index contributed by atoms with van der Waals surface area (Å²) >= 11 is 5.27. The van der Waals surface area contributed by atoms with Gasteiger partial charge in [0.1, 0.15) is 16.6 Å². The zero-order valence-electron chi connectivity index (χ0n) is 6.85. The quantitative estimate of drug-likeness (QED) is 0.587. The van der Waals surface area contributed by atoms with Crippen LogP contribution in [0.1, 0.15) is 10.4 Å². The molecule has 3 nitrogen and oxygen atoms in total. The van der Waals surface area contributed by atoms with Crippen LogP contribution in [-0.2, 0) is 0 Å². The van der Waals surface area contributed by atoms with Gasteiger partial charge in [-0.05, 0) is 0 Å². The second kappa shape index (κ2) is 3.89. The van der Waals surface area contributed by atoms with Crippen LogP contribution in [0.5, 0.6) is 5.75 Å². The van der Waals surface area contributed by atoms with Gasteiger partial charge in [-0.3, -0.25) is 4.79 Å². The van der Waals surface area contributed by atoms with Gasteiger partial charge < -0.3 is 10.8 Å². The van der Waals surface area contributed by atoms with Crippen molar-refractivity contribution in [1.82, 2.24) is 0 Å². The predicted molar refractivity (Wildman–Crippen MR) is 46.4 cm³/mol. The third kappa shape index (κ3) is 1.69. The van der Waals surface area contributed by atoms with Crippen molar-refractivity contribution in [1.29, 1.82) is 0 Å². The first-order valence-corrected chi connectivity index (χ1v) is 3.96.